The molecule has 0 aliphatic carbocycles. The molecule has 2 heteroatoms. The topological polar surface area (TPSA) is 12.4 Å². The monoisotopic (exact) mass is 391 g/mol. The fourth-order valence-corrected chi connectivity index (χ4v) is 5.90. The van der Waals surface area contributed by atoms with Crippen LogP contribution < -0.4 is 0 Å². The normalized spacial score (nSPS) is 17.2. The highest BCUT2D eigenvalue weighted by atomic mass is 32.2. The van der Waals surface area contributed by atoms with Crippen LogP contribution in [0, 0.1) is 0 Å². The molecule has 0 bridgehead atoms. The van der Waals surface area contributed by atoms with Crippen molar-refractivity contribution in [2.45, 2.75) is 4.90 Å². The third-order valence-electron chi connectivity index (χ3n) is 5.04. The summed E-state index contributed by atoms with van der Waals surface area (Å²) in [6.45, 7) is 0. The first-order valence-electron chi connectivity index (χ1n) is 9.76. The van der Waals surface area contributed by atoms with Crippen LogP contribution in [0.4, 0.5) is 0 Å². The Morgan fingerprint density at radius 3 is 1.45 bits per heavy atom. The van der Waals surface area contributed by atoms with Crippen molar-refractivity contribution >= 4 is 27.3 Å². The minimum absolute atomic E-state index is 0.838. The fraction of sp³-hybridized carbons (Fsp3) is 0. The summed E-state index contributed by atoms with van der Waals surface area (Å²) in [7, 11) is 0. The molecule has 1 atom stereocenters. The first kappa shape index (κ1) is 17.7. The smallest absolute Gasteiger partial charge is 0.0861 e. The molecule has 0 fully saturated rings. The molecule has 0 saturated carbocycles. The van der Waals surface area contributed by atoms with Gasteiger partial charge in [0, 0.05) is 20.9 Å². The van der Waals surface area contributed by atoms with E-state index in [1.807, 2.05) is 0 Å². The summed E-state index contributed by atoms with van der Waals surface area (Å²) >= 11 is -0.838. The van der Waals surface area contributed by atoms with Crippen LogP contribution in [0.5, 0.6) is 0 Å². The Hall–Kier alpha value is -3.36. The van der Waals surface area contributed by atoms with Gasteiger partial charge in [0.2, 0.25) is 0 Å². The van der Waals surface area contributed by atoms with Crippen molar-refractivity contribution < 1.29 is 0 Å². The number of hydrogen-bond donors (Lipinski definition) is 1. The van der Waals surface area contributed by atoms with Gasteiger partial charge in [-0.05, 0) is 23.3 Å². The summed E-state index contributed by atoms with van der Waals surface area (Å²) in [5.41, 5.74) is 5.97. The minimum Gasteiger partial charge on any atom is -0.230 e. The predicted molar refractivity (Wildman–Crippen MR) is 126 cm³/mol. The van der Waals surface area contributed by atoms with Gasteiger partial charge in [-0.25, -0.2) is 4.40 Å². The molecule has 0 saturated heterocycles. The second-order valence-corrected chi connectivity index (χ2v) is 8.70. The van der Waals surface area contributed by atoms with Gasteiger partial charge >= 0.3 is 0 Å². The predicted octanol–water partition coefficient (Wildman–Crippen LogP) is 7.03. The van der Waals surface area contributed by atoms with Gasteiger partial charge in [0.05, 0.1) is 5.71 Å². The van der Waals surface area contributed by atoms with Gasteiger partial charge < -0.3 is 0 Å². The van der Waals surface area contributed by atoms with E-state index < -0.39 is 11.1 Å². The fourth-order valence-electron chi connectivity index (χ4n) is 3.71. The second kappa shape index (κ2) is 7.94. The van der Waals surface area contributed by atoms with E-state index in [4.69, 9.17) is 4.40 Å². The highest BCUT2D eigenvalue weighted by molar-refractivity contribution is 8.24. The van der Waals surface area contributed by atoms with Crippen molar-refractivity contribution in [2.24, 2.45) is 4.40 Å². The summed E-state index contributed by atoms with van der Waals surface area (Å²) in [5.74, 6) is 0. The van der Waals surface area contributed by atoms with Crippen molar-refractivity contribution in [1.29, 1.82) is 0 Å². The lowest BCUT2D eigenvalue weighted by molar-refractivity contribution is 1.45. The summed E-state index contributed by atoms with van der Waals surface area (Å²) < 4.78 is 5.35. The van der Waals surface area contributed by atoms with Crippen LogP contribution in [0.1, 0.15) is 16.7 Å². The van der Waals surface area contributed by atoms with Crippen LogP contribution in [-0.2, 0) is 0 Å². The van der Waals surface area contributed by atoms with Crippen molar-refractivity contribution in [1.82, 2.24) is 0 Å². The maximum atomic E-state index is 5.35. The Bertz CT molecular complexity index is 1160. The highest BCUT2D eigenvalue weighted by Gasteiger charge is 2.29. The Balaban J connectivity index is 1.81. The zero-order valence-corrected chi connectivity index (χ0v) is 16.8. The average molecular weight is 392 g/mol. The Kier molecular flexibility index (Phi) is 4.85. The van der Waals surface area contributed by atoms with E-state index in [9.17, 15) is 0 Å². The van der Waals surface area contributed by atoms with E-state index in [1.54, 1.807) is 0 Å². The maximum Gasteiger partial charge on any atom is 0.0861 e. The minimum atomic E-state index is -0.838. The van der Waals surface area contributed by atoms with E-state index in [-0.39, 0.29) is 0 Å². The number of nitrogens with zero attached hydrogens (tertiary/aromatic N) is 1. The van der Waals surface area contributed by atoms with Crippen LogP contribution in [-0.4, -0.2) is 5.71 Å². The van der Waals surface area contributed by atoms with Crippen LogP contribution in [0.15, 0.2) is 131 Å². The standard InChI is InChI=1S/C27H21NS/c1-5-13-21(14-6-1)25-26(22-15-7-2-8-16-22)28-29(24-19-11-4-12-20-24)27(25)23-17-9-3-10-18-23/h1-20,29H. The van der Waals surface area contributed by atoms with E-state index in [0.717, 1.165) is 5.71 Å². The van der Waals surface area contributed by atoms with E-state index in [1.165, 1.54) is 32.1 Å². The molecule has 140 valence electrons. The molecule has 1 unspecified atom stereocenters. The molecule has 29 heavy (non-hydrogen) atoms. The molecule has 4 aromatic carbocycles. The molecule has 5 rings (SSSR count). The molecule has 0 spiro atoms. The Labute approximate surface area is 174 Å². The van der Waals surface area contributed by atoms with Crippen molar-refractivity contribution in [3.63, 3.8) is 0 Å². The largest absolute Gasteiger partial charge is 0.230 e. The van der Waals surface area contributed by atoms with E-state index in [0.29, 0.717) is 0 Å². The maximum absolute atomic E-state index is 5.35. The van der Waals surface area contributed by atoms with Crippen molar-refractivity contribution in [3.05, 3.63) is 138 Å². The molecular weight excluding hydrogens is 370 g/mol. The van der Waals surface area contributed by atoms with Crippen LogP contribution in [0.2, 0.25) is 0 Å². The third kappa shape index (κ3) is 3.43. The molecule has 0 aromatic heterocycles. The first-order chi connectivity index (χ1) is 14.4. The van der Waals surface area contributed by atoms with Crippen LogP contribution in [0.3, 0.4) is 0 Å². The lowest BCUT2D eigenvalue weighted by Gasteiger charge is -2.19. The van der Waals surface area contributed by atoms with E-state index >= 15 is 0 Å². The molecule has 4 aromatic rings. The lowest BCUT2D eigenvalue weighted by atomic mass is 9.94. The number of rotatable bonds is 4. The van der Waals surface area contributed by atoms with Gasteiger partial charge in [-0.15, -0.1) is 11.1 Å². The first-order valence-corrected chi connectivity index (χ1v) is 11.1. The average Bonchev–Trinajstić information content (AvgIpc) is 3.22. The zero-order valence-electron chi connectivity index (χ0n) is 15.9. The van der Waals surface area contributed by atoms with Gasteiger partial charge in [-0.1, -0.05) is 109 Å². The summed E-state index contributed by atoms with van der Waals surface area (Å²) in [5, 5.41) is 0. The summed E-state index contributed by atoms with van der Waals surface area (Å²) in [4.78, 5) is 2.61. The quantitative estimate of drug-likeness (QED) is 0.358. The molecule has 1 nitrogen and oxygen atoms in total. The molecule has 1 aliphatic heterocycles. The van der Waals surface area contributed by atoms with Gasteiger partial charge in [-0.3, -0.25) is 0 Å². The molecule has 1 aliphatic rings. The number of allylic oxidation sites excluding steroid dienone is 1. The Morgan fingerprint density at radius 1 is 0.448 bits per heavy atom. The molecule has 0 radical (unpaired) electrons. The van der Waals surface area contributed by atoms with Crippen molar-refractivity contribution in [2.75, 3.05) is 0 Å². The third-order valence-corrected chi connectivity index (χ3v) is 7.14. The molecule has 1 heterocycles. The molecule has 0 N–H and O–H groups in total. The van der Waals surface area contributed by atoms with Gasteiger partial charge in [-0.2, -0.15) is 0 Å². The SMILES string of the molecule is c1ccc(C2=N[SH](c3ccccc3)C(c3ccccc3)=C2c2ccccc2)cc1. The summed E-state index contributed by atoms with van der Waals surface area (Å²) in [6.07, 6.45) is 0. The molecule has 0 amide bonds. The van der Waals surface area contributed by atoms with E-state index in [2.05, 4.69) is 121 Å². The van der Waals surface area contributed by atoms with Crippen LogP contribution >= 0.6 is 11.1 Å². The van der Waals surface area contributed by atoms with Gasteiger partial charge in [0.15, 0.2) is 0 Å². The molecular formula is C27H21NS. The summed E-state index contributed by atoms with van der Waals surface area (Å²) in [6, 6.07) is 42.7. The lowest BCUT2D eigenvalue weighted by Crippen LogP contribution is -2.02. The van der Waals surface area contributed by atoms with Gasteiger partial charge in [0.1, 0.15) is 0 Å². The van der Waals surface area contributed by atoms with Gasteiger partial charge in [0.25, 0.3) is 0 Å². The number of hydrogen-bond acceptors (Lipinski definition) is 1. The number of thiol groups is 1. The second-order valence-electron chi connectivity index (χ2n) is 6.92. The van der Waals surface area contributed by atoms with Crippen molar-refractivity contribution in [3.8, 4) is 0 Å². The Morgan fingerprint density at radius 2 is 0.897 bits per heavy atom. The zero-order chi connectivity index (χ0) is 19.5. The highest BCUT2D eigenvalue weighted by Crippen LogP contribution is 2.58. The van der Waals surface area contributed by atoms with Crippen LogP contribution in [0.25, 0.3) is 10.5 Å². The number of benzene rings is 4.